The van der Waals surface area contributed by atoms with Crippen molar-refractivity contribution in [1.82, 2.24) is 10.3 Å². The molecule has 0 radical (unpaired) electrons. The lowest BCUT2D eigenvalue weighted by Gasteiger charge is -2.21. The van der Waals surface area contributed by atoms with Crippen LogP contribution in [0.1, 0.15) is 25.6 Å². The summed E-state index contributed by atoms with van der Waals surface area (Å²) in [6, 6.07) is 0.338. The number of thiazole rings is 1. The third-order valence-corrected chi connectivity index (χ3v) is 4.26. The van der Waals surface area contributed by atoms with Gasteiger partial charge in [-0.05, 0) is 12.8 Å². The van der Waals surface area contributed by atoms with Crippen molar-refractivity contribution in [2.75, 3.05) is 39.3 Å². The summed E-state index contributed by atoms with van der Waals surface area (Å²) in [6.45, 7) is 8.66. The van der Waals surface area contributed by atoms with Gasteiger partial charge in [-0.1, -0.05) is 25.2 Å². The predicted octanol–water partition coefficient (Wildman–Crippen LogP) is 2.37. The summed E-state index contributed by atoms with van der Waals surface area (Å²) in [5.41, 5.74) is 0. The van der Waals surface area contributed by atoms with Gasteiger partial charge in [0, 0.05) is 33.3 Å². The molecular formula is C14H27N3O2S. The number of nitrogens with one attached hydrogen (secondary N) is 1. The van der Waals surface area contributed by atoms with Crippen LogP contribution in [0.4, 0.5) is 5.13 Å². The first-order valence-corrected chi connectivity index (χ1v) is 7.83. The highest BCUT2D eigenvalue weighted by Gasteiger charge is 2.17. The molecule has 116 valence electrons. The number of methoxy groups -OCH3 is 1. The molecule has 0 saturated heterocycles. The molecule has 0 bridgehead atoms. The SMILES string of the molecule is CCOCC(NCc1sc(N(C)C)nc1OC)C(C)C. The first-order valence-electron chi connectivity index (χ1n) is 7.01. The summed E-state index contributed by atoms with van der Waals surface area (Å²) in [5.74, 6) is 1.24. The molecule has 0 aromatic carbocycles. The molecule has 0 saturated carbocycles. The summed E-state index contributed by atoms with van der Waals surface area (Å²) in [6.07, 6.45) is 0. The van der Waals surface area contributed by atoms with Gasteiger partial charge in [0.05, 0.1) is 18.6 Å². The zero-order chi connectivity index (χ0) is 15.1. The van der Waals surface area contributed by atoms with E-state index in [0.717, 1.165) is 29.8 Å². The maximum Gasteiger partial charge on any atom is 0.230 e. The van der Waals surface area contributed by atoms with E-state index in [1.54, 1.807) is 18.4 Å². The van der Waals surface area contributed by atoms with Gasteiger partial charge in [0.2, 0.25) is 5.88 Å². The summed E-state index contributed by atoms with van der Waals surface area (Å²) in [7, 11) is 5.64. The maximum absolute atomic E-state index is 5.53. The highest BCUT2D eigenvalue weighted by Crippen LogP contribution is 2.30. The number of hydrogen-bond donors (Lipinski definition) is 1. The van der Waals surface area contributed by atoms with Crippen LogP contribution >= 0.6 is 11.3 Å². The molecule has 0 aliphatic rings. The Morgan fingerprint density at radius 1 is 1.35 bits per heavy atom. The van der Waals surface area contributed by atoms with E-state index in [1.807, 2.05) is 25.9 Å². The fourth-order valence-corrected chi connectivity index (χ4v) is 2.65. The quantitative estimate of drug-likeness (QED) is 0.759. The summed E-state index contributed by atoms with van der Waals surface area (Å²) >= 11 is 1.66. The van der Waals surface area contributed by atoms with Gasteiger partial charge in [0.25, 0.3) is 0 Å². The van der Waals surface area contributed by atoms with E-state index in [1.165, 1.54) is 0 Å². The molecule has 1 unspecified atom stereocenters. The van der Waals surface area contributed by atoms with Gasteiger partial charge in [0.15, 0.2) is 5.13 Å². The van der Waals surface area contributed by atoms with Gasteiger partial charge < -0.3 is 19.7 Å². The molecule has 6 heteroatoms. The van der Waals surface area contributed by atoms with Crippen LogP contribution < -0.4 is 15.0 Å². The van der Waals surface area contributed by atoms with Crippen LogP contribution in [0.3, 0.4) is 0 Å². The zero-order valence-corrected chi connectivity index (χ0v) is 14.2. The van der Waals surface area contributed by atoms with Gasteiger partial charge in [-0.2, -0.15) is 4.98 Å². The molecule has 0 aliphatic heterocycles. The summed E-state index contributed by atoms with van der Waals surface area (Å²) in [5, 5.41) is 4.51. The number of nitrogens with zero attached hydrogens (tertiary/aromatic N) is 2. The van der Waals surface area contributed by atoms with E-state index in [2.05, 4.69) is 24.1 Å². The Balaban J connectivity index is 2.66. The molecule has 0 amide bonds. The Bertz CT molecular complexity index is 394. The topological polar surface area (TPSA) is 46.6 Å². The molecular weight excluding hydrogens is 274 g/mol. The monoisotopic (exact) mass is 301 g/mol. The van der Waals surface area contributed by atoms with Crippen LogP contribution in [0.25, 0.3) is 0 Å². The molecule has 0 fully saturated rings. The normalized spacial score (nSPS) is 12.8. The lowest BCUT2D eigenvalue weighted by atomic mass is 10.1. The zero-order valence-electron chi connectivity index (χ0n) is 13.4. The van der Waals surface area contributed by atoms with Crippen molar-refractivity contribution in [3.05, 3.63) is 4.88 Å². The summed E-state index contributed by atoms with van der Waals surface area (Å²) in [4.78, 5) is 7.58. The minimum absolute atomic E-state index is 0.338. The van der Waals surface area contributed by atoms with Crippen molar-refractivity contribution in [1.29, 1.82) is 0 Å². The number of hydrogen-bond acceptors (Lipinski definition) is 6. The Morgan fingerprint density at radius 3 is 2.55 bits per heavy atom. The van der Waals surface area contributed by atoms with Gasteiger partial charge >= 0.3 is 0 Å². The van der Waals surface area contributed by atoms with Crippen molar-refractivity contribution in [2.45, 2.75) is 33.4 Å². The van der Waals surface area contributed by atoms with Crippen molar-refractivity contribution >= 4 is 16.5 Å². The average molecular weight is 301 g/mol. The fourth-order valence-electron chi connectivity index (χ4n) is 1.74. The molecule has 0 aliphatic carbocycles. The second-order valence-electron chi connectivity index (χ2n) is 5.21. The van der Waals surface area contributed by atoms with Gasteiger partial charge in [-0.3, -0.25) is 0 Å². The predicted molar refractivity (Wildman–Crippen MR) is 85.0 cm³/mol. The Kier molecular flexibility index (Phi) is 7.26. The molecule has 5 nitrogen and oxygen atoms in total. The minimum Gasteiger partial charge on any atom is -0.480 e. The number of ether oxygens (including phenoxy) is 2. The smallest absolute Gasteiger partial charge is 0.230 e. The van der Waals surface area contributed by atoms with Crippen LogP contribution in [0.15, 0.2) is 0 Å². The molecule has 1 rings (SSSR count). The molecule has 1 aromatic heterocycles. The standard InChI is InChI=1S/C14H27N3O2S/c1-7-19-9-11(10(2)3)15-8-12-13(18-6)16-14(20-12)17(4)5/h10-11,15H,7-9H2,1-6H3. The average Bonchev–Trinajstić information content (AvgIpc) is 2.81. The second-order valence-corrected chi connectivity index (χ2v) is 6.28. The lowest BCUT2D eigenvalue weighted by Crippen LogP contribution is -2.37. The van der Waals surface area contributed by atoms with E-state index >= 15 is 0 Å². The molecule has 20 heavy (non-hydrogen) atoms. The second kappa shape index (κ2) is 8.44. The Morgan fingerprint density at radius 2 is 2.05 bits per heavy atom. The number of rotatable bonds is 9. The Labute approximate surface area is 126 Å². The molecule has 1 N–H and O–H groups in total. The molecule has 0 spiro atoms. The van der Waals surface area contributed by atoms with Crippen LogP contribution in [0.5, 0.6) is 5.88 Å². The largest absolute Gasteiger partial charge is 0.480 e. The van der Waals surface area contributed by atoms with Crippen molar-refractivity contribution in [2.24, 2.45) is 5.92 Å². The van der Waals surface area contributed by atoms with Gasteiger partial charge in [0.1, 0.15) is 0 Å². The van der Waals surface area contributed by atoms with Gasteiger partial charge in [-0.25, -0.2) is 0 Å². The van der Waals surface area contributed by atoms with E-state index in [4.69, 9.17) is 9.47 Å². The van der Waals surface area contributed by atoms with Crippen LogP contribution in [-0.4, -0.2) is 45.4 Å². The third-order valence-electron chi connectivity index (χ3n) is 3.06. The maximum atomic E-state index is 5.53. The van der Waals surface area contributed by atoms with E-state index < -0.39 is 0 Å². The van der Waals surface area contributed by atoms with E-state index in [0.29, 0.717) is 17.8 Å². The number of aromatic nitrogens is 1. The molecule has 1 aromatic rings. The van der Waals surface area contributed by atoms with Crippen LogP contribution in [-0.2, 0) is 11.3 Å². The lowest BCUT2D eigenvalue weighted by molar-refractivity contribution is 0.108. The highest BCUT2D eigenvalue weighted by molar-refractivity contribution is 7.15. The van der Waals surface area contributed by atoms with Crippen LogP contribution in [0, 0.1) is 5.92 Å². The molecule has 1 heterocycles. The van der Waals surface area contributed by atoms with Crippen molar-refractivity contribution in [3.63, 3.8) is 0 Å². The minimum atomic E-state index is 0.338. The van der Waals surface area contributed by atoms with E-state index in [-0.39, 0.29) is 0 Å². The first kappa shape index (κ1) is 17.2. The molecule has 1 atom stereocenters. The van der Waals surface area contributed by atoms with Crippen molar-refractivity contribution in [3.8, 4) is 5.88 Å². The first-order chi connectivity index (χ1) is 9.49. The summed E-state index contributed by atoms with van der Waals surface area (Å²) < 4.78 is 10.9. The Hall–Kier alpha value is -0.850. The van der Waals surface area contributed by atoms with E-state index in [9.17, 15) is 0 Å². The number of anilines is 1. The fraction of sp³-hybridized carbons (Fsp3) is 0.786. The van der Waals surface area contributed by atoms with Gasteiger partial charge in [-0.15, -0.1) is 0 Å². The van der Waals surface area contributed by atoms with Crippen LogP contribution in [0.2, 0.25) is 0 Å². The third kappa shape index (κ3) is 4.92. The highest BCUT2D eigenvalue weighted by atomic mass is 32.1. The van der Waals surface area contributed by atoms with Crippen molar-refractivity contribution < 1.29 is 9.47 Å².